The summed E-state index contributed by atoms with van der Waals surface area (Å²) in [4.78, 5) is 16.4. The minimum Gasteiger partial charge on any atom is -0.466 e. The monoisotopic (exact) mass is 231 g/mol. The Bertz CT molecular complexity index is 204. The van der Waals surface area contributed by atoms with E-state index in [1.165, 1.54) is 12.8 Å². The van der Waals surface area contributed by atoms with Gasteiger partial charge >= 0.3 is 5.97 Å². The summed E-state index contributed by atoms with van der Waals surface area (Å²) in [5, 5.41) is 9.48. The summed E-state index contributed by atoms with van der Waals surface area (Å²) < 4.78 is 4.72. The highest BCUT2D eigenvalue weighted by molar-refractivity contribution is 5.69. The molecule has 0 heterocycles. The van der Waals surface area contributed by atoms with E-state index in [4.69, 9.17) is 9.57 Å². The lowest BCUT2D eigenvalue weighted by atomic mass is 10.2. The van der Waals surface area contributed by atoms with Crippen LogP contribution in [0, 0.1) is 0 Å². The maximum atomic E-state index is 11.0. The Morgan fingerprint density at radius 3 is 2.81 bits per heavy atom. The van der Waals surface area contributed by atoms with E-state index < -0.39 is 6.10 Å². The third-order valence-corrected chi connectivity index (χ3v) is 2.58. The number of hydrogen-bond donors (Lipinski definition) is 2. The van der Waals surface area contributed by atoms with Gasteiger partial charge in [0.25, 0.3) is 0 Å². The van der Waals surface area contributed by atoms with E-state index >= 15 is 0 Å². The highest BCUT2D eigenvalue weighted by Crippen LogP contribution is 2.19. The van der Waals surface area contributed by atoms with Gasteiger partial charge in [-0.1, -0.05) is 12.8 Å². The molecule has 1 rings (SSSR count). The van der Waals surface area contributed by atoms with Crippen LogP contribution in [0.3, 0.4) is 0 Å². The summed E-state index contributed by atoms with van der Waals surface area (Å²) in [7, 11) is 0. The molecular formula is C11H21NO4. The van der Waals surface area contributed by atoms with Crippen molar-refractivity contribution in [2.75, 3.05) is 13.2 Å². The fourth-order valence-corrected chi connectivity index (χ4v) is 1.75. The minimum absolute atomic E-state index is 0.00880. The average molecular weight is 231 g/mol. The van der Waals surface area contributed by atoms with Gasteiger partial charge in [0.1, 0.15) is 0 Å². The summed E-state index contributed by atoms with van der Waals surface area (Å²) in [6.45, 7) is 2.35. The summed E-state index contributed by atoms with van der Waals surface area (Å²) in [5.74, 6) is -0.377. The molecule has 1 atom stereocenters. The smallest absolute Gasteiger partial charge is 0.308 e. The van der Waals surface area contributed by atoms with E-state index in [9.17, 15) is 9.90 Å². The van der Waals surface area contributed by atoms with Crippen LogP contribution in [0.4, 0.5) is 0 Å². The van der Waals surface area contributed by atoms with Crippen molar-refractivity contribution < 1.29 is 19.5 Å². The van der Waals surface area contributed by atoms with Gasteiger partial charge in [-0.25, -0.2) is 0 Å². The maximum absolute atomic E-state index is 11.0. The quantitative estimate of drug-likeness (QED) is 0.500. The van der Waals surface area contributed by atoms with Gasteiger partial charge in [-0.05, 0) is 19.8 Å². The number of ether oxygens (including phenoxy) is 1. The van der Waals surface area contributed by atoms with E-state index in [1.807, 2.05) is 0 Å². The van der Waals surface area contributed by atoms with Crippen LogP contribution in [0.1, 0.15) is 39.0 Å². The molecule has 1 aliphatic carbocycles. The van der Waals surface area contributed by atoms with E-state index in [2.05, 4.69) is 5.48 Å². The molecule has 1 saturated carbocycles. The molecule has 0 radical (unpaired) electrons. The van der Waals surface area contributed by atoms with Crippen molar-refractivity contribution in [2.24, 2.45) is 0 Å². The molecule has 1 aliphatic rings. The van der Waals surface area contributed by atoms with E-state index in [-0.39, 0.29) is 25.0 Å². The fourth-order valence-electron chi connectivity index (χ4n) is 1.75. The van der Waals surface area contributed by atoms with Gasteiger partial charge in [0.2, 0.25) is 0 Å². The first-order valence-corrected chi connectivity index (χ1v) is 5.94. The number of aliphatic hydroxyl groups is 1. The second-order valence-corrected chi connectivity index (χ2v) is 4.04. The van der Waals surface area contributed by atoms with Crippen molar-refractivity contribution >= 4 is 5.97 Å². The van der Waals surface area contributed by atoms with E-state index in [1.54, 1.807) is 6.92 Å². The molecule has 5 nitrogen and oxygen atoms in total. The fraction of sp³-hybridized carbons (Fsp3) is 0.909. The van der Waals surface area contributed by atoms with Crippen LogP contribution in [0.15, 0.2) is 0 Å². The predicted octanol–water partition coefficient (Wildman–Crippen LogP) is 0.764. The molecule has 0 aromatic carbocycles. The predicted molar refractivity (Wildman–Crippen MR) is 58.6 cm³/mol. The van der Waals surface area contributed by atoms with Gasteiger partial charge < -0.3 is 9.84 Å². The molecule has 16 heavy (non-hydrogen) atoms. The number of nitrogens with one attached hydrogen (secondary N) is 1. The first-order valence-electron chi connectivity index (χ1n) is 5.94. The van der Waals surface area contributed by atoms with Crippen molar-refractivity contribution in [3.8, 4) is 0 Å². The molecule has 2 N–H and O–H groups in total. The van der Waals surface area contributed by atoms with Gasteiger partial charge in [0.05, 0.1) is 25.2 Å². The molecule has 1 fully saturated rings. The average Bonchev–Trinajstić information content (AvgIpc) is 2.70. The molecule has 0 aliphatic heterocycles. The van der Waals surface area contributed by atoms with Gasteiger partial charge in [-0.2, -0.15) is 5.48 Å². The van der Waals surface area contributed by atoms with Crippen LogP contribution in [0.25, 0.3) is 0 Å². The number of carbonyl (C=O) groups excluding carboxylic acids is 1. The van der Waals surface area contributed by atoms with Crippen molar-refractivity contribution in [3.63, 3.8) is 0 Å². The van der Waals surface area contributed by atoms with Crippen molar-refractivity contribution in [2.45, 2.75) is 51.2 Å². The maximum Gasteiger partial charge on any atom is 0.308 e. The molecule has 0 bridgehead atoms. The Morgan fingerprint density at radius 1 is 1.50 bits per heavy atom. The highest BCUT2D eigenvalue weighted by Gasteiger charge is 2.16. The Kier molecular flexibility index (Phi) is 6.37. The lowest BCUT2D eigenvalue weighted by molar-refractivity contribution is -0.145. The Labute approximate surface area is 96.1 Å². The number of carbonyl (C=O) groups is 1. The molecular weight excluding hydrogens is 210 g/mol. The molecule has 0 spiro atoms. The number of hydroxylamine groups is 1. The normalized spacial score (nSPS) is 18.6. The van der Waals surface area contributed by atoms with E-state index in [0.29, 0.717) is 6.61 Å². The zero-order valence-corrected chi connectivity index (χ0v) is 9.78. The van der Waals surface area contributed by atoms with Crippen LogP contribution < -0.4 is 5.48 Å². The molecule has 0 saturated heterocycles. The molecule has 94 valence electrons. The van der Waals surface area contributed by atoms with Crippen LogP contribution in [-0.4, -0.2) is 36.4 Å². The van der Waals surface area contributed by atoms with Gasteiger partial charge in [0.15, 0.2) is 0 Å². The number of esters is 1. The van der Waals surface area contributed by atoms with E-state index in [0.717, 1.165) is 12.8 Å². The topological polar surface area (TPSA) is 67.8 Å². The van der Waals surface area contributed by atoms with Crippen LogP contribution in [0.2, 0.25) is 0 Å². The standard InChI is InChI=1S/C11H21NO4/c1-2-15-11(14)7-9(13)8-12-16-10-5-3-4-6-10/h9-10,12-13H,2-8H2,1H3. The first-order chi connectivity index (χ1) is 7.72. The Morgan fingerprint density at radius 2 is 2.19 bits per heavy atom. The molecule has 0 amide bonds. The summed E-state index contributed by atoms with van der Waals surface area (Å²) in [5.41, 5.74) is 2.72. The van der Waals surface area contributed by atoms with Gasteiger partial charge in [0, 0.05) is 6.54 Å². The third-order valence-electron chi connectivity index (χ3n) is 2.58. The molecule has 0 aromatic heterocycles. The van der Waals surface area contributed by atoms with Gasteiger partial charge in [-0.3, -0.25) is 9.63 Å². The highest BCUT2D eigenvalue weighted by atomic mass is 16.7. The summed E-state index contributed by atoms with van der Waals surface area (Å²) in [6.07, 6.45) is 4.07. The number of aliphatic hydroxyl groups excluding tert-OH is 1. The zero-order chi connectivity index (χ0) is 11.8. The lowest BCUT2D eigenvalue weighted by Crippen LogP contribution is -2.31. The largest absolute Gasteiger partial charge is 0.466 e. The second kappa shape index (κ2) is 7.60. The lowest BCUT2D eigenvalue weighted by Gasteiger charge is -2.14. The van der Waals surface area contributed by atoms with Crippen LogP contribution >= 0.6 is 0 Å². The third kappa shape index (κ3) is 5.44. The van der Waals surface area contributed by atoms with Crippen molar-refractivity contribution in [1.29, 1.82) is 0 Å². The zero-order valence-electron chi connectivity index (χ0n) is 9.78. The Hall–Kier alpha value is -0.650. The first kappa shape index (κ1) is 13.4. The second-order valence-electron chi connectivity index (χ2n) is 4.04. The minimum atomic E-state index is -0.750. The summed E-state index contributed by atoms with van der Waals surface area (Å²) >= 11 is 0. The van der Waals surface area contributed by atoms with Crippen molar-refractivity contribution in [1.82, 2.24) is 5.48 Å². The van der Waals surface area contributed by atoms with Crippen LogP contribution in [-0.2, 0) is 14.4 Å². The van der Waals surface area contributed by atoms with Gasteiger partial charge in [-0.15, -0.1) is 0 Å². The number of rotatable bonds is 7. The SMILES string of the molecule is CCOC(=O)CC(O)CNOC1CCCC1. The Balaban J connectivity index is 2.00. The van der Waals surface area contributed by atoms with Crippen LogP contribution in [0.5, 0.6) is 0 Å². The molecule has 1 unspecified atom stereocenters. The molecule has 0 aromatic rings. The molecule has 5 heteroatoms. The summed E-state index contributed by atoms with van der Waals surface area (Å²) in [6, 6.07) is 0. The number of hydrogen-bond acceptors (Lipinski definition) is 5. The van der Waals surface area contributed by atoms with Crippen molar-refractivity contribution in [3.05, 3.63) is 0 Å².